The van der Waals surface area contributed by atoms with E-state index >= 15 is 0 Å². The molecule has 1 aromatic carbocycles. The van der Waals surface area contributed by atoms with Crippen molar-refractivity contribution in [3.8, 4) is 0 Å². The molecule has 3 rings (SSSR count). The molecule has 2 N–H and O–H groups in total. The second kappa shape index (κ2) is 7.97. The first-order valence-corrected chi connectivity index (χ1v) is 10.9. The van der Waals surface area contributed by atoms with Crippen molar-refractivity contribution in [2.45, 2.75) is 30.0 Å². The van der Waals surface area contributed by atoms with Crippen LogP contribution in [0.25, 0.3) is 0 Å². The predicted octanol–water partition coefficient (Wildman–Crippen LogP) is 3.15. The quantitative estimate of drug-likeness (QED) is 0.766. The number of amides is 2. The standard InChI is InChI=1S/C17H18ClN3O4S2/c1-11(22)19-12-4-6-13(7-5-12)20-17(23)14-3-2-10-21(14)27(24,25)16-9-8-15(18)26-16/h4-9,14H,2-3,10H2,1H3,(H,19,22)(H,20,23)/t14-/m0/s1. The summed E-state index contributed by atoms with van der Waals surface area (Å²) in [5.74, 6) is -0.571. The van der Waals surface area contributed by atoms with Crippen LogP contribution in [0, 0.1) is 0 Å². The zero-order valence-electron chi connectivity index (χ0n) is 14.4. The molecule has 27 heavy (non-hydrogen) atoms. The number of sulfonamides is 1. The van der Waals surface area contributed by atoms with E-state index in [0.717, 1.165) is 11.3 Å². The molecule has 2 heterocycles. The molecule has 0 unspecified atom stereocenters. The van der Waals surface area contributed by atoms with E-state index < -0.39 is 16.1 Å². The van der Waals surface area contributed by atoms with Crippen molar-refractivity contribution < 1.29 is 18.0 Å². The van der Waals surface area contributed by atoms with Crippen LogP contribution in [0.4, 0.5) is 11.4 Å². The average molecular weight is 428 g/mol. The molecule has 7 nitrogen and oxygen atoms in total. The Balaban J connectivity index is 1.73. The van der Waals surface area contributed by atoms with Gasteiger partial charge in [0.25, 0.3) is 10.0 Å². The van der Waals surface area contributed by atoms with Crippen LogP contribution in [0.2, 0.25) is 4.34 Å². The maximum Gasteiger partial charge on any atom is 0.253 e. The lowest BCUT2D eigenvalue weighted by atomic mass is 10.2. The number of hydrogen-bond acceptors (Lipinski definition) is 5. The van der Waals surface area contributed by atoms with Gasteiger partial charge in [0.05, 0.1) is 4.34 Å². The van der Waals surface area contributed by atoms with E-state index in [1.54, 1.807) is 24.3 Å². The third-order valence-corrected chi connectivity index (χ3v) is 7.70. The van der Waals surface area contributed by atoms with E-state index in [9.17, 15) is 18.0 Å². The van der Waals surface area contributed by atoms with Crippen molar-refractivity contribution in [1.82, 2.24) is 4.31 Å². The minimum Gasteiger partial charge on any atom is -0.326 e. The molecule has 2 amide bonds. The number of rotatable bonds is 5. The molecule has 144 valence electrons. The Bertz CT molecular complexity index is 957. The van der Waals surface area contributed by atoms with E-state index in [0.29, 0.717) is 28.6 Å². The van der Waals surface area contributed by atoms with Gasteiger partial charge in [-0.2, -0.15) is 4.31 Å². The Kier molecular flexibility index (Phi) is 5.85. The number of carbonyl (C=O) groups excluding carboxylic acids is 2. The number of benzene rings is 1. The van der Waals surface area contributed by atoms with Gasteiger partial charge in [-0.05, 0) is 49.2 Å². The Hall–Kier alpha value is -1.94. The van der Waals surface area contributed by atoms with Gasteiger partial charge < -0.3 is 10.6 Å². The number of thiophene rings is 1. The van der Waals surface area contributed by atoms with Gasteiger partial charge in [-0.25, -0.2) is 8.42 Å². The monoisotopic (exact) mass is 427 g/mol. The molecule has 1 aliphatic heterocycles. The Morgan fingerprint density at radius 2 is 1.74 bits per heavy atom. The average Bonchev–Trinajstić information content (AvgIpc) is 3.25. The van der Waals surface area contributed by atoms with Crippen LogP contribution < -0.4 is 10.6 Å². The van der Waals surface area contributed by atoms with Gasteiger partial charge in [-0.3, -0.25) is 9.59 Å². The zero-order chi connectivity index (χ0) is 19.6. The fraction of sp³-hybridized carbons (Fsp3) is 0.294. The van der Waals surface area contributed by atoms with Crippen LogP contribution in [-0.2, 0) is 19.6 Å². The first-order valence-electron chi connectivity index (χ1n) is 8.23. The number of halogens is 1. The highest BCUT2D eigenvalue weighted by Crippen LogP contribution is 2.32. The Morgan fingerprint density at radius 1 is 1.11 bits per heavy atom. The number of nitrogens with zero attached hydrogens (tertiary/aromatic N) is 1. The smallest absolute Gasteiger partial charge is 0.253 e. The summed E-state index contributed by atoms with van der Waals surface area (Å²) >= 11 is 6.83. The fourth-order valence-corrected chi connectivity index (χ4v) is 6.18. The second-order valence-corrected chi connectivity index (χ2v) is 9.91. The molecule has 0 radical (unpaired) electrons. The van der Waals surface area contributed by atoms with Crippen LogP contribution >= 0.6 is 22.9 Å². The van der Waals surface area contributed by atoms with Crippen molar-refractivity contribution in [3.05, 3.63) is 40.7 Å². The van der Waals surface area contributed by atoms with Crippen molar-refractivity contribution in [3.63, 3.8) is 0 Å². The second-order valence-electron chi connectivity index (χ2n) is 6.08. The highest BCUT2D eigenvalue weighted by molar-refractivity contribution is 7.91. The van der Waals surface area contributed by atoms with Gasteiger partial charge in [0.2, 0.25) is 11.8 Å². The maximum atomic E-state index is 12.8. The minimum atomic E-state index is -3.77. The van der Waals surface area contributed by atoms with Crippen molar-refractivity contribution in [1.29, 1.82) is 0 Å². The van der Waals surface area contributed by atoms with E-state index in [4.69, 9.17) is 11.6 Å². The van der Waals surface area contributed by atoms with Crippen molar-refractivity contribution in [2.75, 3.05) is 17.2 Å². The molecule has 2 aromatic rings. The zero-order valence-corrected chi connectivity index (χ0v) is 16.8. The van der Waals surface area contributed by atoms with E-state index in [-0.39, 0.29) is 22.6 Å². The largest absolute Gasteiger partial charge is 0.326 e. The van der Waals surface area contributed by atoms with Gasteiger partial charge in [-0.15, -0.1) is 11.3 Å². The van der Waals surface area contributed by atoms with Crippen molar-refractivity contribution in [2.24, 2.45) is 0 Å². The van der Waals surface area contributed by atoms with Gasteiger partial charge >= 0.3 is 0 Å². The lowest BCUT2D eigenvalue weighted by Crippen LogP contribution is -2.42. The molecular weight excluding hydrogens is 410 g/mol. The van der Waals surface area contributed by atoms with Crippen LogP contribution in [0.15, 0.2) is 40.6 Å². The molecular formula is C17H18ClN3O4S2. The normalized spacial score (nSPS) is 17.6. The number of hydrogen-bond donors (Lipinski definition) is 2. The summed E-state index contributed by atoms with van der Waals surface area (Å²) < 4.78 is 27.4. The van der Waals surface area contributed by atoms with Gasteiger partial charge in [0.1, 0.15) is 10.3 Å². The number of anilines is 2. The third-order valence-electron chi connectivity index (χ3n) is 4.09. The Morgan fingerprint density at radius 3 is 2.30 bits per heavy atom. The maximum absolute atomic E-state index is 12.8. The summed E-state index contributed by atoms with van der Waals surface area (Å²) in [6, 6.07) is 8.83. The first kappa shape index (κ1) is 19.8. The highest BCUT2D eigenvalue weighted by Gasteiger charge is 2.40. The SMILES string of the molecule is CC(=O)Nc1ccc(NC(=O)[C@@H]2CCCN2S(=O)(=O)c2ccc(Cl)s2)cc1. The van der Waals surface area contributed by atoms with E-state index in [1.165, 1.54) is 23.4 Å². The molecule has 0 spiro atoms. The third kappa shape index (κ3) is 4.49. The fourth-order valence-electron chi connectivity index (χ4n) is 2.91. The molecule has 1 atom stereocenters. The molecule has 1 aromatic heterocycles. The predicted molar refractivity (Wildman–Crippen MR) is 106 cm³/mol. The topological polar surface area (TPSA) is 95.6 Å². The minimum absolute atomic E-state index is 0.131. The lowest BCUT2D eigenvalue weighted by Gasteiger charge is -2.22. The van der Waals surface area contributed by atoms with Crippen LogP contribution in [-0.4, -0.2) is 37.1 Å². The first-order chi connectivity index (χ1) is 12.8. The van der Waals surface area contributed by atoms with E-state index in [1.807, 2.05) is 0 Å². The summed E-state index contributed by atoms with van der Waals surface area (Å²) in [6.07, 6.45) is 1.06. The summed E-state index contributed by atoms with van der Waals surface area (Å²) in [6.45, 7) is 1.70. The molecule has 1 aliphatic rings. The van der Waals surface area contributed by atoms with Crippen LogP contribution in [0.3, 0.4) is 0 Å². The lowest BCUT2D eigenvalue weighted by molar-refractivity contribution is -0.119. The summed E-state index contributed by atoms with van der Waals surface area (Å²) in [4.78, 5) is 23.7. The molecule has 1 saturated heterocycles. The number of nitrogens with one attached hydrogen (secondary N) is 2. The van der Waals surface area contributed by atoms with Gasteiger partial charge in [-0.1, -0.05) is 11.6 Å². The van der Waals surface area contributed by atoms with Crippen molar-refractivity contribution >= 4 is 56.2 Å². The summed E-state index contributed by atoms with van der Waals surface area (Å²) in [7, 11) is -3.77. The number of carbonyl (C=O) groups is 2. The van der Waals surface area contributed by atoms with Crippen LogP contribution in [0.5, 0.6) is 0 Å². The molecule has 1 fully saturated rings. The van der Waals surface area contributed by atoms with Gasteiger partial charge in [0, 0.05) is 24.8 Å². The van der Waals surface area contributed by atoms with E-state index in [2.05, 4.69) is 10.6 Å². The summed E-state index contributed by atoms with van der Waals surface area (Å²) in [5.41, 5.74) is 1.14. The summed E-state index contributed by atoms with van der Waals surface area (Å²) in [5, 5.41) is 5.38. The molecule has 10 heteroatoms. The highest BCUT2D eigenvalue weighted by atomic mass is 35.5. The van der Waals surface area contributed by atoms with Crippen LogP contribution in [0.1, 0.15) is 19.8 Å². The van der Waals surface area contributed by atoms with Gasteiger partial charge in [0.15, 0.2) is 0 Å². The Labute approximate surface area is 166 Å². The molecule has 0 saturated carbocycles. The molecule has 0 aliphatic carbocycles. The molecule has 0 bridgehead atoms.